The molecule has 0 saturated heterocycles. The minimum absolute atomic E-state index is 0.0104. The van der Waals surface area contributed by atoms with Gasteiger partial charge in [0, 0.05) is 25.1 Å². The first-order valence-electron chi connectivity index (χ1n) is 10.6. The van der Waals surface area contributed by atoms with Gasteiger partial charge in [-0.15, -0.1) is 0 Å². The second kappa shape index (κ2) is 11.7. The molecule has 0 aliphatic carbocycles. The predicted molar refractivity (Wildman–Crippen MR) is 125 cm³/mol. The van der Waals surface area contributed by atoms with Crippen molar-refractivity contribution in [3.8, 4) is 17.2 Å². The van der Waals surface area contributed by atoms with Crippen LogP contribution in [0, 0.1) is 0 Å². The number of carbonyl (C=O) groups is 2. The normalized spacial score (nSPS) is 11.3. The molecule has 9 nitrogen and oxygen atoms in total. The van der Waals surface area contributed by atoms with Gasteiger partial charge in [0.25, 0.3) is 0 Å². The predicted octanol–water partition coefficient (Wildman–Crippen LogP) is 3.43. The Hall–Kier alpha value is -3.11. The Morgan fingerprint density at radius 2 is 1.76 bits per heavy atom. The number of ketones is 1. The number of carbonyl (C=O) groups excluding carboxylic acids is 2. The summed E-state index contributed by atoms with van der Waals surface area (Å²) in [6.45, 7) is 5.76. The summed E-state index contributed by atoms with van der Waals surface area (Å²) in [7, 11) is -2.25. The second-order valence-corrected chi connectivity index (χ2v) is 9.13. The summed E-state index contributed by atoms with van der Waals surface area (Å²) in [6.07, 6.45) is 0.446. The maximum atomic E-state index is 12.7. The van der Waals surface area contributed by atoms with Crippen molar-refractivity contribution < 1.29 is 32.6 Å². The van der Waals surface area contributed by atoms with E-state index in [0.29, 0.717) is 36.6 Å². The Morgan fingerprint density at radius 3 is 2.36 bits per heavy atom. The lowest BCUT2D eigenvalue weighted by atomic mass is 10.1. The topological polar surface area (TPSA) is 122 Å². The molecule has 1 amide bonds. The molecule has 0 aromatic heterocycles. The molecule has 33 heavy (non-hydrogen) atoms. The van der Waals surface area contributed by atoms with Crippen LogP contribution in [0.5, 0.6) is 17.2 Å². The van der Waals surface area contributed by atoms with Crippen LogP contribution >= 0.6 is 0 Å². The van der Waals surface area contributed by atoms with Crippen molar-refractivity contribution in [2.75, 3.05) is 32.1 Å². The number of nitrogens with one attached hydrogen (secondary N) is 1. The standard InChI is InChI=1S/C23H30N2O7S/c1-5-25(6-2)33(29,30)18-10-11-20(27)19(15-18)24-23(28)8-7-13-32-21-12-9-17(16(3)26)14-22(21)31-4/h9-12,14-15,27H,5-8,13H2,1-4H3,(H,24,28). The fourth-order valence-electron chi connectivity index (χ4n) is 3.12. The number of phenolic OH excluding ortho intramolecular Hbond substituents is 1. The Kier molecular flexibility index (Phi) is 9.24. The maximum absolute atomic E-state index is 12.7. The van der Waals surface area contributed by atoms with Crippen LogP contribution in [0.15, 0.2) is 41.3 Å². The van der Waals surface area contributed by atoms with Crippen LogP contribution in [0.1, 0.15) is 44.0 Å². The third kappa shape index (κ3) is 6.69. The van der Waals surface area contributed by atoms with Crippen molar-refractivity contribution in [3.63, 3.8) is 0 Å². The van der Waals surface area contributed by atoms with Crippen molar-refractivity contribution in [3.05, 3.63) is 42.0 Å². The first-order chi connectivity index (χ1) is 15.6. The van der Waals surface area contributed by atoms with E-state index in [0.717, 1.165) is 0 Å². The van der Waals surface area contributed by atoms with E-state index in [-0.39, 0.29) is 35.1 Å². The minimum Gasteiger partial charge on any atom is -0.506 e. The largest absolute Gasteiger partial charge is 0.506 e. The first-order valence-corrected chi connectivity index (χ1v) is 12.0. The van der Waals surface area contributed by atoms with E-state index < -0.39 is 15.9 Å². The zero-order valence-corrected chi connectivity index (χ0v) is 20.1. The highest BCUT2D eigenvalue weighted by atomic mass is 32.2. The minimum atomic E-state index is -3.72. The number of phenols is 1. The summed E-state index contributed by atoms with van der Waals surface area (Å²) >= 11 is 0. The number of benzene rings is 2. The number of rotatable bonds is 12. The first kappa shape index (κ1) is 26.1. The summed E-state index contributed by atoms with van der Waals surface area (Å²) < 4.78 is 37.6. The van der Waals surface area contributed by atoms with Gasteiger partial charge in [0.2, 0.25) is 15.9 Å². The van der Waals surface area contributed by atoms with E-state index in [1.807, 2.05) is 0 Å². The van der Waals surface area contributed by atoms with Gasteiger partial charge < -0.3 is 19.9 Å². The molecule has 2 aromatic carbocycles. The zero-order valence-electron chi connectivity index (χ0n) is 19.3. The van der Waals surface area contributed by atoms with Crippen molar-refractivity contribution in [1.82, 2.24) is 4.31 Å². The lowest BCUT2D eigenvalue weighted by Crippen LogP contribution is -2.30. The van der Waals surface area contributed by atoms with Gasteiger partial charge in [-0.2, -0.15) is 4.31 Å². The maximum Gasteiger partial charge on any atom is 0.243 e. The monoisotopic (exact) mass is 478 g/mol. The number of amides is 1. The average molecular weight is 479 g/mol. The molecule has 0 spiro atoms. The lowest BCUT2D eigenvalue weighted by molar-refractivity contribution is -0.116. The molecular weight excluding hydrogens is 448 g/mol. The smallest absolute Gasteiger partial charge is 0.243 e. The number of ether oxygens (including phenoxy) is 2. The number of hydrogen-bond donors (Lipinski definition) is 2. The summed E-state index contributed by atoms with van der Waals surface area (Å²) in [5, 5.41) is 12.6. The highest BCUT2D eigenvalue weighted by Gasteiger charge is 2.23. The van der Waals surface area contributed by atoms with Crippen LogP contribution in [-0.2, 0) is 14.8 Å². The van der Waals surface area contributed by atoms with Gasteiger partial charge in [-0.3, -0.25) is 9.59 Å². The van der Waals surface area contributed by atoms with E-state index in [1.54, 1.807) is 32.0 Å². The van der Waals surface area contributed by atoms with E-state index in [4.69, 9.17) is 9.47 Å². The molecule has 0 saturated carbocycles. The molecule has 10 heteroatoms. The van der Waals surface area contributed by atoms with Crippen LogP contribution in [0.25, 0.3) is 0 Å². The van der Waals surface area contributed by atoms with Gasteiger partial charge >= 0.3 is 0 Å². The van der Waals surface area contributed by atoms with Crippen LogP contribution in [0.2, 0.25) is 0 Å². The van der Waals surface area contributed by atoms with E-state index >= 15 is 0 Å². The van der Waals surface area contributed by atoms with E-state index in [1.165, 1.54) is 36.5 Å². The highest BCUT2D eigenvalue weighted by Crippen LogP contribution is 2.29. The number of aromatic hydroxyl groups is 1. The Morgan fingerprint density at radius 1 is 1.06 bits per heavy atom. The molecular formula is C23H30N2O7S. The van der Waals surface area contributed by atoms with Crippen molar-refractivity contribution in [1.29, 1.82) is 0 Å². The van der Waals surface area contributed by atoms with E-state index in [9.17, 15) is 23.1 Å². The molecule has 0 unspecified atom stereocenters. The van der Waals surface area contributed by atoms with Crippen LogP contribution in [-0.4, -0.2) is 56.3 Å². The molecule has 0 fully saturated rings. The Labute approximate surface area is 194 Å². The molecule has 0 heterocycles. The highest BCUT2D eigenvalue weighted by molar-refractivity contribution is 7.89. The van der Waals surface area contributed by atoms with Crippen molar-refractivity contribution >= 4 is 27.4 Å². The summed E-state index contributed by atoms with van der Waals surface area (Å²) in [5.41, 5.74) is 0.527. The molecule has 0 radical (unpaired) electrons. The number of Topliss-reactive ketones (excluding diaryl/α,β-unsaturated/α-hetero) is 1. The lowest BCUT2D eigenvalue weighted by Gasteiger charge is -2.19. The molecule has 2 N–H and O–H groups in total. The van der Waals surface area contributed by atoms with Gasteiger partial charge in [-0.1, -0.05) is 13.8 Å². The molecule has 0 aliphatic rings. The molecule has 0 atom stereocenters. The zero-order chi connectivity index (χ0) is 24.6. The molecule has 0 aliphatic heterocycles. The quantitative estimate of drug-likeness (QED) is 0.272. The number of hydrogen-bond acceptors (Lipinski definition) is 7. The molecule has 2 rings (SSSR count). The number of sulfonamides is 1. The number of anilines is 1. The molecule has 0 bridgehead atoms. The van der Waals surface area contributed by atoms with Gasteiger partial charge in [-0.05, 0) is 49.7 Å². The average Bonchev–Trinajstić information content (AvgIpc) is 2.78. The third-order valence-corrected chi connectivity index (χ3v) is 7.01. The van der Waals surface area contributed by atoms with Crippen molar-refractivity contribution in [2.45, 2.75) is 38.5 Å². The number of methoxy groups -OCH3 is 1. The third-order valence-electron chi connectivity index (χ3n) is 4.96. The van der Waals surface area contributed by atoms with Crippen LogP contribution in [0.3, 0.4) is 0 Å². The van der Waals surface area contributed by atoms with Gasteiger partial charge in [-0.25, -0.2) is 8.42 Å². The van der Waals surface area contributed by atoms with Crippen LogP contribution in [0.4, 0.5) is 5.69 Å². The van der Waals surface area contributed by atoms with Crippen molar-refractivity contribution in [2.24, 2.45) is 0 Å². The Balaban J connectivity index is 1.97. The number of nitrogens with zero attached hydrogens (tertiary/aromatic N) is 1. The summed E-state index contributed by atoms with van der Waals surface area (Å²) in [6, 6.07) is 8.65. The SMILES string of the molecule is CCN(CC)S(=O)(=O)c1ccc(O)c(NC(=O)CCCOc2ccc(C(C)=O)cc2OC)c1. The second-order valence-electron chi connectivity index (χ2n) is 7.19. The van der Waals surface area contributed by atoms with Gasteiger partial charge in [0.1, 0.15) is 5.75 Å². The van der Waals surface area contributed by atoms with Gasteiger partial charge in [0.15, 0.2) is 17.3 Å². The summed E-state index contributed by atoms with van der Waals surface area (Å²) in [4.78, 5) is 23.8. The molecule has 180 valence electrons. The fourth-order valence-corrected chi connectivity index (χ4v) is 4.61. The van der Waals surface area contributed by atoms with Crippen LogP contribution < -0.4 is 14.8 Å². The fraction of sp³-hybridized carbons (Fsp3) is 0.391. The summed E-state index contributed by atoms with van der Waals surface area (Å²) in [5.74, 6) is 0.158. The Bertz CT molecular complexity index is 1100. The molecule has 2 aromatic rings. The van der Waals surface area contributed by atoms with E-state index in [2.05, 4.69) is 5.32 Å². The van der Waals surface area contributed by atoms with Gasteiger partial charge in [0.05, 0.1) is 24.3 Å².